The molecule has 0 aliphatic rings. The third-order valence-corrected chi connectivity index (χ3v) is 4.99. The van der Waals surface area contributed by atoms with Gasteiger partial charge in [-0.25, -0.2) is 14.2 Å². The number of nitrogens with zero attached hydrogens (tertiary/aromatic N) is 1. The summed E-state index contributed by atoms with van der Waals surface area (Å²) in [6.07, 6.45) is 15.4. The number of ether oxygens (including phenoxy) is 2. The van der Waals surface area contributed by atoms with Crippen molar-refractivity contribution in [2.45, 2.75) is 45.6 Å². The van der Waals surface area contributed by atoms with E-state index in [1.165, 1.54) is 18.2 Å². The van der Waals surface area contributed by atoms with Crippen molar-refractivity contribution < 1.29 is 42.1 Å². The summed E-state index contributed by atoms with van der Waals surface area (Å²) < 4.78 is 32.9. The third kappa shape index (κ3) is 20.6. The topological polar surface area (TPSA) is 108 Å². The second kappa shape index (κ2) is 18.3. The van der Waals surface area contributed by atoms with E-state index in [1.54, 1.807) is 18.2 Å². The van der Waals surface area contributed by atoms with E-state index in [0.29, 0.717) is 11.0 Å². The van der Waals surface area contributed by atoms with Crippen LogP contribution in [0.1, 0.15) is 39.5 Å². The Morgan fingerprint density at radius 3 is 1.97 bits per heavy atom. The summed E-state index contributed by atoms with van der Waals surface area (Å²) in [5.41, 5.74) is 0. The summed E-state index contributed by atoms with van der Waals surface area (Å²) in [4.78, 5) is 33.9. The molecule has 0 aromatic heterocycles. The molecule has 0 rings (SSSR count). The highest BCUT2D eigenvalue weighted by Crippen LogP contribution is 2.43. The number of carbonyl (C=O) groups excluding carboxylic acids is 2. The van der Waals surface area contributed by atoms with E-state index in [9.17, 15) is 19.0 Å². The molecule has 0 saturated carbocycles. The summed E-state index contributed by atoms with van der Waals surface area (Å²) in [5.74, 6) is -1.35. The van der Waals surface area contributed by atoms with Crippen LogP contribution in [0.3, 0.4) is 0 Å². The molecular formula is C24H41NO8P+. The summed E-state index contributed by atoms with van der Waals surface area (Å²) in [5, 5.41) is 0. The number of unbranched alkanes of at least 4 members (excludes halogenated alkanes) is 2. The zero-order chi connectivity index (χ0) is 25.9. The van der Waals surface area contributed by atoms with Crippen molar-refractivity contribution in [3.05, 3.63) is 48.6 Å². The lowest BCUT2D eigenvalue weighted by molar-refractivity contribution is -0.870. The van der Waals surface area contributed by atoms with Gasteiger partial charge in [0.25, 0.3) is 0 Å². The van der Waals surface area contributed by atoms with Crippen molar-refractivity contribution >= 4 is 19.8 Å². The maximum absolute atomic E-state index is 12.1. The van der Waals surface area contributed by atoms with Gasteiger partial charge in [0.05, 0.1) is 27.7 Å². The lowest BCUT2D eigenvalue weighted by Crippen LogP contribution is -2.37. The molecule has 0 fully saturated rings. The van der Waals surface area contributed by atoms with Crippen molar-refractivity contribution in [2.24, 2.45) is 0 Å². The van der Waals surface area contributed by atoms with Crippen LogP contribution in [0, 0.1) is 0 Å². The van der Waals surface area contributed by atoms with E-state index >= 15 is 0 Å². The summed E-state index contributed by atoms with van der Waals surface area (Å²) >= 11 is 0. The van der Waals surface area contributed by atoms with E-state index in [2.05, 4.69) is 0 Å². The second-order valence-electron chi connectivity index (χ2n) is 8.45. The molecule has 0 aliphatic carbocycles. The zero-order valence-corrected chi connectivity index (χ0v) is 21.9. The van der Waals surface area contributed by atoms with Crippen LogP contribution >= 0.6 is 7.82 Å². The fraction of sp³-hybridized carbons (Fsp3) is 0.583. The molecule has 0 radical (unpaired) electrons. The fourth-order valence-corrected chi connectivity index (χ4v) is 2.88. The van der Waals surface area contributed by atoms with Gasteiger partial charge in [0.1, 0.15) is 19.8 Å². The Morgan fingerprint density at radius 1 is 0.882 bits per heavy atom. The molecule has 1 unspecified atom stereocenters. The van der Waals surface area contributed by atoms with Crippen molar-refractivity contribution in [3.8, 4) is 0 Å². The van der Waals surface area contributed by atoms with Crippen molar-refractivity contribution in [1.82, 2.24) is 0 Å². The molecule has 1 N–H and O–H groups in total. The zero-order valence-electron chi connectivity index (χ0n) is 21.1. The van der Waals surface area contributed by atoms with Crippen molar-refractivity contribution in [2.75, 3.05) is 47.5 Å². The first-order valence-electron chi connectivity index (χ1n) is 11.4. The molecule has 9 nitrogen and oxygen atoms in total. The number of allylic oxidation sites excluding steroid dienone is 6. The van der Waals surface area contributed by atoms with Gasteiger partial charge in [-0.05, 0) is 12.8 Å². The lowest BCUT2D eigenvalue weighted by Gasteiger charge is -2.24. The Morgan fingerprint density at radius 2 is 1.44 bits per heavy atom. The third-order valence-electron chi connectivity index (χ3n) is 4.00. The summed E-state index contributed by atoms with van der Waals surface area (Å²) in [6, 6.07) is 0. The largest absolute Gasteiger partial charge is 0.472 e. The molecule has 0 amide bonds. The Hall–Kier alpha value is -2.03. The van der Waals surface area contributed by atoms with Gasteiger partial charge in [0.15, 0.2) is 6.10 Å². The highest BCUT2D eigenvalue weighted by Gasteiger charge is 2.26. The van der Waals surface area contributed by atoms with Crippen LogP contribution < -0.4 is 0 Å². The van der Waals surface area contributed by atoms with Gasteiger partial charge in [0, 0.05) is 12.2 Å². The van der Waals surface area contributed by atoms with Gasteiger partial charge >= 0.3 is 19.8 Å². The van der Waals surface area contributed by atoms with E-state index in [0.717, 1.165) is 25.7 Å². The van der Waals surface area contributed by atoms with Crippen LogP contribution in [0.15, 0.2) is 48.6 Å². The summed E-state index contributed by atoms with van der Waals surface area (Å²) in [7, 11) is 1.36. The number of rotatable bonds is 18. The number of quaternary nitrogens is 1. The van der Waals surface area contributed by atoms with Gasteiger partial charge in [-0.2, -0.15) is 0 Å². The number of esters is 2. The molecule has 0 aromatic rings. The van der Waals surface area contributed by atoms with E-state index < -0.39 is 32.5 Å². The van der Waals surface area contributed by atoms with Crippen LogP contribution in [-0.2, 0) is 32.7 Å². The lowest BCUT2D eigenvalue weighted by atomic mass is 10.3. The number of carbonyl (C=O) groups is 2. The Kier molecular flexibility index (Phi) is 17.2. The van der Waals surface area contributed by atoms with Gasteiger partial charge in [-0.3, -0.25) is 9.05 Å². The number of phosphoric ester groups is 1. The molecule has 2 atom stereocenters. The van der Waals surface area contributed by atoms with Gasteiger partial charge in [0.2, 0.25) is 0 Å². The minimum atomic E-state index is -4.38. The molecule has 0 aliphatic heterocycles. The second-order valence-corrected chi connectivity index (χ2v) is 9.91. The van der Waals surface area contributed by atoms with Crippen molar-refractivity contribution in [1.29, 1.82) is 0 Å². The van der Waals surface area contributed by atoms with Crippen molar-refractivity contribution in [3.63, 3.8) is 0 Å². The summed E-state index contributed by atoms with van der Waals surface area (Å²) in [6.45, 7) is 3.72. The molecule has 0 heterocycles. The van der Waals surface area contributed by atoms with Crippen LogP contribution in [0.5, 0.6) is 0 Å². The van der Waals surface area contributed by atoms with Gasteiger partial charge < -0.3 is 18.9 Å². The van der Waals surface area contributed by atoms with Crippen LogP contribution in [0.2, 0.25) is 0 Å². The number of likely N-dealkylation sites (N-methyl/N-ethyl adjacent to an activating group) is 1. The van der Waals surface area contributed by atoms with E-state index in [1.807, 2.05) is 47.1 Å². The molecule has 0 bridgehead atoms. The Labute approximate surface area is 203 Å². The van der Waals surface area contributed by atoms with E-state index in [4.69, 9.17) is 18.5 Å². The average Bonchev–Trinajstić information content (AvgIpc) is 2.74. The normalized spacial score (nSPS) is 15.4. The first-order valence-corrected chi connectivity index (χ1v) is 12.9. The van der Waals surface area contributed by atoms with Crippen LogP contribution in [-0.4, -0.2) is 74.9 Å². The first-order chi connectivity index (χ1) is 16.0. The fourth-order valence-electron chi connectivity index (χ4n) is 2.14. The Balaban J connectivity index is 4.93. The smallest absolute Gasteiger partial charge is 0.458 e. The molecule has 194 valence electrons. The quantitative estimate of drug-likeness (QED) is 0.0981. The Bertz CT molecular complexity index is 753. The molecule has 0 aromatic carbocycles. The molecular weight excluding hydrogens is 461 g/mol. The van der Waals surface area contributed by atoms with Crippen LogP contribution in [0.25, 0.3) is 0 Å². The molecule has 0 saturated heterocycles. The highest BCUT2D eigenvalue weighted by molar-refractivity contribution is 7.47. The number of phosphoric acid groups is 1. The number of hydrogen-bond acceptors (Lipinski definition) is 7. The maximum atomic E-state index is 12.1. The average molecular weight is 503 g/mol. The maximum Gasteiger partial charge on any atom is 0.472 e. The standard InChI is InChI=1S/C24H40NO8P/c1-6-8-10-12-14-16-23(26)30-20-22(33-24(27)17-15-13-11-9-7-2)21-32-34(28,29)31-19-18-25(3,4)5/h10-17,22H,6-9,18-21H2,1-5H3/p+1/b12-10+,13-11+,16-14+,17-15+/t22-/m1/s1. The van der Waals surface area contributed by atoms with Crippen LogP contribution in [0.4, 0.5) is 0 Å². The SMILES string of the molecule is CCC/C=C/C=C/C(=O)OC[C@H](COP(=O)(O)OCC[N+](C)(C)C)OC(=O)/C=C/C=C/CCC. The predicted octanol–water partition coefficient (Wildman–Crippen LogP) is 4.11. The number of hydrogen-bond donors (Lipinski definition) is 1. The molecule has 34 heavy (non-hydrogen) atoms. The molecule has 0 spiro atoms. The minimum absolute atomic E-state index is 0.000105. The van der Waals surface area contributed by atoms with Gasteiger partial charge in [-0.1, -0.05) is 63.1 Å². The predicted molar refractivity (Wildman–Crippen MR) is 132 cm³/mol. The molecule has 10 heteroatoms. The highest BCUT2D eigenvalue weighted by atomic mass is 31.2. The minimum Gasteiger partial charge on any atom is -0.458 e. The first kappa shape index (κ1) is 32.0. The van der Waals surface area contributed by atoms with E-state index in [-0.39, 0.29) is 13.2 Å². The monoisotopic (exact) mass is 502 g/mol. The van der Waals surface area contributed by atoms with Gasteiger partial charge in [-0.15, -0.1) is 0 Å².